The van der Waals surface area contributed by atoms with Crippen LogP contribution in [0.1, 0.15) is 38.2 Å². The number of rotatable bonds is 4. The summed E-state index contributed by atoms with van der Waals surface area (Å²) in [6.45, 7) is 3.33. The summed E-state index contributed by atoms with van der Waals surface area (Å²) in [6.07, 6.45) is 3.93. The first-order chi connectivity index (χ1) is 12.8. The standard InChI is InChI=1S/C19H25N3O4S/c1-13(23)22-11-6-15-12-17(4-5-18(15)22)27(25,26)20-16-7-9-21(10-8-16)19(24)14-2-3-14/h4-5,12,14,16,20H,2-3,6-11H2,1H3. The molecule has 1 saturated carbocycles. The van der Waals surface area contributed by atoms with Crippen molar-refractivity contribution in [3.63, 3.8) is 0 Å². The van der Waals surface area contributed by atoms with E-state index in [1.165, 1.54) is 6.92 Å². The lowest BCUT2D eigenvalue weighted by atomic mass is 10.1. The van der Waals surface area contributed by atoms with Crippen LogP contribution in [0.25, 0.3) is 0 Å². The first-order valence-electron chi connectivity index (χ1n) is 9.57. The quantitative estimate of drug-likeness (QED) is 0.838. The Morgan fingerprint density at radius 2 is 1.78 bits per heavy atom. The van der Waals surface area contributed by atoms with Crippen LogP contribution in [0.2, 0.25) is 0 Å². The summed E-state index contributed by atoms with van der Waals surface area (Å²) in [5, 5.41) is 0. The average molecular weight is 391 g/mol. The maximum absolute atomic E-state index is 12.8. The van der Waals surface area contributed by atoms with E-state index in [0.29, 0.717) is 38.9 Å². The summed E-state index contributed by atoms with van der Waals surface area (Å²) in [4.78, 5) is 27.5. The Bertz CT molecular complexity index is 871. The number of fused-ring (bicyclic) bond motifs is 1. The van der Waals surface area contributed by atoms with Crippen molar-refractivity contribution in [2.75, 3.05) is 24.5 Å². The van der Waals surface area contributed by atoms with E-state index in [4.69, 9.17) is 0 Å². The second kappa shape index (κ2) is 6.91. The molecule has 1 aliphatic carbocycles. The van der Waals surface area contributed by atoms with Crippen molar-refractivity contribution in [2.24, 2.45) is 5.92 Å². The Hall–Kier alpha value is -1.93. The minimum atomic E-state index is -3.62. The summed E-state index contributed by atoms with van der Waals surface area (Å²) in [5.41, 5.74) is 1.69. The Labute approximate surface area is 159 Å². The van der Waals surface area contributed by atoms with Crippen molar-refractivity contribution in [2.45, 2.75) is 50.0 Å². The van der Waals surface area contributed by atoms with Gasteiger partial charge in [-0.1, -0.05) is 0 Å². The summed E-state index contributed by atoms with van der Waals surface area (Å²) < 4.78 is 28.3. The van der Waals surface area contributed by atoms with E-state index in [1.807, 2.05) is 4.90 Å². The number of anilines is 1. The van der Waals surface area contributed by atoms with Crippen LogP contribution in [-0.4, -0.2) is 50.8 Å². The first kappa shape index (κ1) is 18.4. The monoisotopic (exact) mass is 391 g/mol. The molecule has 0 aromatic heterocycles. The zero-order chi connectivity index (χ0) is 19.2. The van der Waals surface area contributed by atoms with Gasteiger partial charge in [0.25, 0.3) is 0 Å². The van der Waals surface area contributed by atoms with Crippen LogP contribution in [0.3, 0.4) is 0 Å². The van der Waals surface area contributed by atoms with Crippen molar-refractivity contribution in [3.05, 3.63) is 23.8 Å². The molecule has 7 nitrogen and oxygen atoms in total. The maximum atomic E-state index is 12.8. The maximum Gasteiger partial charge on any atom is 0.240 e. The summed E-state index contributed by atoms with van der Waals surface area (Å²) in [5.74, 6) is 0.402. The number of amides is 2. The van der Waals surface area contributed by atoms with Crippen LogP contribution < -0.4 is 9.62 Å². The van der Waals surface area contributed by atoms with Crippen molar-refractivity contribution in [3.8, 4) is 0 Å². The molecule has 1 saturated heterocycles. The minimum absolute atomic E-state index is 0.0324. The summed E-state index contributed by atoms with van der Waals surface area (Å²) in [7, 11) is -3.62. The molecule has 2 fully saturated rings. The molecule has 0 atom stereocenters. The van der Waals surface area contributed by atoms with Gasteiger partial charge in [0.1, 0.15) is 0 Å². The van der Waals surface area contributed by atoms with Crippen LogP contribution in [0.15, 0.2) is 23.1 Å². The summed E-state index contributed by atoms with van der Waals surface area (Å²) >= 11 is 0. The van der Waals surface area contributed by atoms with E-state index < -0.39 is 10.0 Å². The number of hydrogen-bond acceptors (Lipinski definition) is 4. The van der Waals surface area contributed by atoms with E-state index in [9.17, 15) is 18.0 Å². The predicted molar refractivity (Wildman–Crippen MR) is 101 cm³/mol. The van der Waals surface area contributed by atoms with Gasteiger partial charge >= 0.3 is 0 Å². The molecule has 2 heterocycles. The topological polar surface area (TPSA) is 86.8 Å². The zero-order valence-electron chi connectivity index (χ0n) is 15.5. The molecule has 0 bridgehead atoms. The molecule has 1 N–H and O–H groups in total. The van der Waals surface area contributed by atoms with Crippen LogP contribution in [0, 0.1) is 5.92 Å². The van der Waals surface area contributed by atoms with E-state index in [0.717, 1.165) is 24.1 Å². The molecule has 4 rings (SSSR count). The normalized spacial score (nSPS) is 20.6. The van der Waals surface area contributed by atoms with Gasteiger partial charge < -0.3 is 9.80 Å². The number of hydrogen-bond donors (Lipinski definition) is 1. The van der Waals surface area contributed by atoms with Gasteiger partial charge in [0.05, 0.1) is 4.90 Å². The predicted octanol–water partition coefficient (Wildman–Crippen LogP) is 1.27. The molecule has 27 heavy (non-hydrogen) atoms. The largest absolute Gasteiger partial charge is 0.342 e. The number of nitrogens with one attached hydrogen (secondary N) is 1. The highest BCUT2D eigenvalue weighted by Gasteiger charge is 2.35. The van der Waals surface area contributed by atoms with Crippen LogP contribution in [0.5, 0.6) is 0 Å². The smallest absolute Gasteiger partial charge is 0.240 e. The Morgan fingerprint density at radius 1 is 1.07 bits per heavy atom. The molecule has 2 amide bonds. The van der Waals surface area contributed by atoms with Gasteiger partial charge in [-0.05, 0) is 55.9 Å². The lowest BCUT2D eigenvalue weighted by Crippen LogP contribution is -2.46. The molecule has 1 aromatic rings. The highest BCUT2D eigenvalue weighted by atomic mass is 32.2. The second-order valence-electron chi connectivity index (χ2n) is 7.71. The number of sulfonamides is 1. The van der Waals surface area contributed by atoms with Crippen LogP contribution in [0.4, 0.5) is 5.69 Å². The third-order valence-electron chi connectivity index (χ3n) is 5.69. The van der Waals surface area contributed by atoms with Crippen LogP contribution in [-0.2, 0) is 26.0 Å². The molecule has 0 spiro atoms. The van der Waals surface area contributed by atoms with E-state index in [1.54, 1.807) is 23.1 Å². The molecule has 2 aliphatic heterocycles. The number of likely N-dealkylation sites (tertiary alicyclic amines) is 1. The fourth-order valence-corrected chi connectivity index (χ4v) is 5.32. The Morgan fingerprint density at radius 3 is 2.41 bits per heavy atom. The molecule has 0 unspecified atom stereocenters. The number of piperidine rings is 1. The SMILES string of the molecule is CC(=O)N1CCc2cc(S(=O)(=O)NC3CCN(C(=O)C4CC4)CC3)ccc21. The highest BCUT2D eigenvalue weighted by Crippen LogP contribution is 2.32. The van der Waals surface area contributed by atoms with Gasteiger partial charge in [-0.2, -0.15) is 0 Å². The average Bonchev–Trinajstić information content (AvgIpc) is 3.39. The van der Waals surface area contributed by atoms with Gasteiger partial charge in [0.15, 0.2) is 0 Å². The fraction of sp³-hybridized carbons (Fsp3) is 0.579. The Kier molecular flexibility index (Phi) is 4.71. The molecule has 1 aromatic carbocycles. The third-order valence-corrected chi connectivity index (χ3v) is 7.21. The van der Waals surface area contributed by atoms with E-state index in [-0.39, 0.29) is 28.7 Å². The number of carbonyl (C=O) groups excluding carboxylic acids is 2. The number of benzene rings is 1. The van der Waals surface area contributed by atoms with Crippen molar-refractivity contribution in [1.82, 2.24) is 9.62 Å². The molecule has 8 heteroatoms. The number of nitrogens with zero attached hydrogens (tertiary/aromatic N) is 2. The van der Waals surface area contributed by atoms with Crippen LogP contribution >= 0.6 is 0 Å². The summed E-state index contributed by atoms with van der Waals surface area (Å²) in [6, 6.07) is 4.80. The van der Waals surface area contributed by atoms with Crippen molar-refractivity contribution >= 4 is 27.5 Å². The van der Waals surface area contributed by atoms with Gasteiger partial charge in [-0.25, -0.2) is 13.1 Å². The number of carbonyl (C=O) groups is 2. The van der Waals surface area contributed by atoms with Gasteiger partial charge in [0.2, 0.25) is 21.8 Å². The zero-order valence-corrected chi connectivity index (χ0v) is 16.3. The van der Waals surface area contributed by atoms with E-state index in [2.05, 4.69) is 4.72 Å². The molecular formula is C19H25N3O4S. The highest BCUT2D eigenvalue weighted by molar-refractivity contribution is 7.89. The van der Waals surface area contributed by atoms with E-state index >= 15 is 0 Å². The Balaban J connectivity index is 1.41. The fourth-order valence-electron chi connectivity index (χ4n) is 3.97. The lowest BCUT2D eigenvalue weighted by Gasteiger charge is -2.32. The lowest BCUT2D eigenvalue weighted by molar-refractivity contribution is -0.133. The molecule has 146 valence electrons. The van der Waals surface area contributed by atoms with Gasteiger partial charge in [-0.3, -0.25) is 9.59 Å². The second-order valence-corrected chi connectivity index (χ2v) is 9.42. The van der Waals surface area contributed by atoms with Crippen molar-refractivity contribution in [1.29, 1.82) is 0 Å². The molecule has 0 radical (unpaired) electrons. The molecular weight excluding hydrogens is 366 g/mol. The van der Waals surface area contributed by atoms with Crippen molar-refractivity contribution < 1.29 is 18.0 Å². The first-order valence-corrected chi connectivity index (χ1v) is 11.1. The molecule has 3 aliphatic rings. The van der Waals surface area contributed by atoms with Gasteiger partial charge in [0, 0.05) is 44.2 Å². The minimum Gasteiger partial charge on any atom is -0.342 e. The third kappa shape index (κ3) is 3.73. The van der Waals surface area contributed by atoms with Gasteiger partial charge in [-0.15, -0.1) is 0 Å².